The molecule has 1 fully saturated rings. The van der Waals surface area contributed by atoms with Crippen LogP contribution in [0.2, 0.25) is 0 Å². The lowest BCUT2D eigenvalue weighted by molar-refractivity contribution is -0.132. The summed E-state index contributed by atoms with van der Waals surface area (Å²) in [5.41, 5.74) is 0. The molecule has 1 aliphatic heterocycles. The van der Waals surface area contributed by atoms with Crippen molar-refractivity contribution in [1.29, 1.82) is 0 Å². The third kappa shape index (κ3) is 5.08. The molecule has 1 saturated heterocycles. The molecule has 1 heterocycles. The summed E-state index contributed by atoms with van der Waals surface area (Å²) in [4.78, 5) is 13.6. The molecule has 6 nitrogen and oxygen atoms in total. The summed E-state index contributed by atoms with van der Waals surface area (Å²) in [7, 11) is -3.12. The second-order valence-electron chi connectivity index (χ2n) is 4.70. The highest BCUT2D eigenvalue weighted by molar-refractivity contribution is 7.89. The third-order valence-electron chi connectivity index (χ3n) is 3.21. The lowest BCUT2D eigenvalue weighted by Crippen LogP contribution is -2.51. The van der Waals surface area contributed by atoms with Gasteiger partial charge in [-0.2, -0.15) is 4.31 Å². The monoisotopic (exact) mass is 291 g/mol. The molecule has 0 aliphatic carbocycles. The Hall–Kier alpha value is -0.660. The molecule has 1 rings (SSSR count). The Kier molecular flexibility index (Phi) is 6.74. The second-order valence-corrected chi connectivity index (χ2v) is 6.79. The zero-order valence-electron chi connectivity index (χ0n) is 11.9. The van der Waals surface area contributed by atoms with Gasteiger partial charge in [-0.05, 0) is 13.0 Å². The van der Waals surface area contributed by atoms with Crippen LogP contribution in [-0.2, 0) is 14.8 Å². The molecule has 0 bridgehead atoms. The molecule has 0 aromatic carbocycles. The van der Waals surface area contributed by atoms with Gasteiger partial charge in [0.2, 0.25) is 15.9 Å². The average molecular weight is 291 g/mol. The summed E-state index contributed by atoms with van der Waals surface area (Å²) in [6.07, 6.45) is 1.11. The number of rotatable bonds is 7. The van der Waals surface area contributed by atoms with Crippen LogP contribution in [-0.4, -0.2) is 68.6 Å². The van der Waals surface area contributed by atoms with E-state index in [9.17, 15) is 13.2 Å². The summed E-state index contributed by atoms with van der Waals surface area (Å²) in [5, 5.41) is 3.11. The van der Waals surface area contributed by atoms with Crippen molar-refractivity contribution in [2.75, 3.05) is 45.0 Å². The van der Waals surface area contributed by atoms with E-state index in [1.165, 1.54) is 4.31 Å². The maximum Gasteiger partial charge on any atom is 0.223 e. The molecular weight excluding hydrogens is 266 g/mol. The SMILES string of the molecule is CCCS(=O)(=O)N1CCN(C(=O)CCNCC)CC1. The molecular formula is C12H25N3O3S. The van der Waals surface area contributed by atoms with Crippen LogP contribution >= 0.6 is 0 Å². The molecule has 0 atom stereocenters. The number of nitrogens with zero attached hydrogens (tertiary/aromatic N) is 2. The van der Waals surface area contributed by atoms with E-state index in [1.807, 2.05) is 13.8 Å². The number of carbonyl (C=O) groups excluding carboxylic acids is 1. The van der Waals surface area contributed by atoms with Gasteiger partial charge in [0.05, 0.1) is 5.75 Å². The molecule has 1 N–H and O–H groups in total. The van der Waals surface area contributed by atoms with Crippen LogP contribution in [0.15, 0.2) is 0 Å². The predicted molar refractivity (Wildman–Crippen MR) is 75.4 cm³/mol. The molecule has 0 spiro atoms. The van der Waals surface area contributed by atoms with Gasteiger partial charge in [0, 0.05) is 39.1 Å². The van der Waals surface area contributed by atoms with E-state index < -0.39 is 10.0 Å². The standard InChI is InChI=1S/C12H25N3O3S/c1-3-11-19(17,18)15-9-7-14(8-10-15)12(16)5-6-13-4-2/h13H,3-11H2,1-2H3. The van der Waals surface area contributed by atoms with E-state index in [2.05, 4.69) is 5.32 Å². The average Bonchev–Trinajstić information content (AvgIpc) is 2.39. The van der Waals surface area contributed by atoms with Crippen LogP contribution in [0, 0.1) is 0 Å². The van der Waals surface area contributed by atoms with E-state index in [1.54, 1.807) is 4.90 Å². The van der Waals surface area contributed by atoms with Gasteiger partial charge in [0.25, 0.3) is 0 Å². The Balaban J connectivity index is 2.38. The van der Waals surface area contributed by atoms with Crippen LogP contribution in [0.1, 0.15) is 26.7 Å². The highest BCUT2D eigenvalue weighted by Crippen LogP contribution is 2.09. The number of hydrogen-bond acceptors (Lipinski definition) is 4. The van der Waals surface area contributed by atoms with Crippen LogP contribution in [0.25, 0.3) is 0 Å². The number of piperazine rings is 1. The van der Waals surface area contributed by atoms with E-state index in [-0.39, 0.29) is 11.7 Å². The van der Waals surface area contributed by atoms with Crippen molar-refractivity contribution in [2.24, 2.45) is 0 Å². The van der Waals surface area contributed by atoms with E-state index >= 15 is 0 Å². The molecule has 1 amide bonds. The molecule has 112 valence electrons. The van der Waals surface area contributed by atoms with Gasteiger partial charge in [0.1, 0.15) is 0 Å². The first kappa shape index (κ1) is 16.4. The zero-order chi connectivity index (χ0) is 14.3. The summed E-state index contributed by atoms with van der Waals surface area (Å²) in [6.45, 7) is 7.27. The number of nitrogens with one attached hydrogen (secondary N) is 1. The van der Waals surface area contributed by atoms with Gasteiger partial charge >= 0.3 is 0 Å². The van der Waals surface area contributed by atoms with Crippen molar-refractivity contribution in [2.45, 2.75) is 26.7 Å². The van der Waals surface area contributed by atoms with Crippen LogP contribution < -0.4 is 5.32 Å². The normalized spacial score (nSPS) is 17.7. The fourth-order valence-electron chi connectivity index (χ4n) is 2.13. The minimum absolute atomic E-state index is 0.105. The fourth-order valence-corrected chi connectivity index (χ4v) is 3.63. The number of amides is 1. The van der Waals surface area contributed by atoms with E-state index in [0.29, 0.717) is 45.6 Å². The summed E-state index contributed by atoms with van der Waals surface area (Å²) < 4.78 is 25.3. The molecule has 0 unspecified atom stereocenters. The molecule has 1 aliphatic rings. The van der Waals surface area contributed by atoms with Gasteiger partial charge in [-0.25, -0.2) is 8.42 Å². The maximum atomic E-state index is 11.9. The summed E-state index contributed by atoms with van der Waals surface area (Å²) in [5.74, 6) is 0.301. The quantitative estimate of drug-likeness (QED) is 0.663. The van der Waals surface area contributed by atoms with Crippen molar-refractivity contribution >= 4 is 15.9 Å². The van der Waals surface area contributed by atoms with Crippen molar-refractivity contribution in [3.63, 3.8) is 0 Å². The molecule has 0 aromatic rings. The topological polar surface area (TPSA) is 69.7 Å². The van der Waals surface area contributed by atoms with E-state index in [4.69, 9.17) is 0 Å². The predicted octanol–water partition coefficient (Wildman–Crippen LogP) is -0.130. The van der Waals surface area contributed by atoms with Crippen molar-refractivity contribution in [1.82, 2.24) is 14.5 Å². The Morgan fingerprint density at radius 2 is 1.79 bits per heavy atom. The number of carbonyl (C=O) groups is 1. The van der Waals surface area contributed by atoms with Crippen LogP contribution in [0.4, 0.5) is 0 Å². The van der Waals surface area contributed by atoms with Crippen molar-refractivity contribution < 1.29 is 13.2 Å². The minimum atomic E-state index is -3.12. The summed E-state index contributed by atoms with van der Waals surface area (Å²) >= 11 is 0. The first-order valence-electron chi connectivity index (χ1n) is 6.97. The number of sulfonamides is 1. The first-order valence-corrected chi connectivity index (χ1v) is 8.58. The van der Waals surface area contributed by atoms with Crippen molar-refractivity contribution in [3.05, 3.63) is 0 Å². The van der Waals surface area contributed by atoms with Crippen LogP contribution in [0.5, 0.6) is 0 Å². The Bertz CT molecular complexity index is 376. The fraction of sp³-hybridized carbons (Fsp3) is 0.917. The third-order valence-corrected chi connectivity index (χ3v) is 5.29. The Morgan fingerprint density at radius 1 is 1.16 bits per heavy atom. The maximum absolute atomic E-state index is 11.9. The molecule has 19 heavy (non-hydrogen) atoms. The first-order chi connectivity index (χ1) is 9.01. The lowest BCUT2D eigenvalue weighted by atomic mass is 10.3. The van der Waals surface area contributed by atoms with E-state index in [0.717, 1.165) is 6.54 Å². The van der Waals surface area contributed by atoms with Crippen LogP contribution in [0.3, 0.4) is 0 Å². The van der Waals surface area contributed by atoms with Gasteiger partial charge in [0.15, 0.2) is 0 Å². The Labute approximate surface area is 116 Å². The van der Waals surface area contributed by atoms with Crippen molar-refractivity contribution in [3.8, 4) is 0 Å². The van der Waals surface area contributed by atoms with Gasteiger partial charge in [-0.1, -0.05) is 13.8 Å². The van der Waals surface area contributed by atoms with Gasteiger partial charge < -0.3 is 10.2 Å². The van der Waals surface area contributed by atoms with Gasteiger partial charge in [-0.15, -0.1) is 0 Å². The molecule has 7 heteroatoms. The highest BCUT2D eigenvalue weighted by Gasteiger charge is 2.27. The Morgan fingerprint density at radius 3 is 2.32 bits per heavy atom. The smallest absolute Gasteiger partial charge is 0.223 e. The molecule has 0 radical (unpaired) electrons. The lowest BCUT2D eigenvalue weighted by Gasteiger charge is -2.34. The minimum Gasteiger partial charge on any atom is -0.340 e. The molecule has 0 aromatic heterocycles. The summed E-state index contributed by atoms with van der Waals surface area (Å²) in [6, 6.07) is 0. The van der Waals surface area contributed by atoms with Gasteiger partial charge in [-0.3, -0.25) is 4.79 Å². The largest absolute Gasteiger partial charge is 0.340 e. The number of hydrogen-bond donors (Lipinski definition) is 1. The highest BCUT2D eigenvalue weighted by atomic mass is 32.2. The molecule has 0 saturated carbocycles. The second kappa shape index (κ2) is 7.81. The zero-order valence-corrected chi connectivity index (χ0v) is 12.7.